The lowest BCUT2D eigenvalue weighted by Gasteiger charge is -2.14. The lowest BCUT2D eigenvalue weighted by molar-refractivity contribution is -0.124. The summed E-state index contributed by atoms with van der Waals surface area (Å²) in [5.74, 6) is -0.0817. The molecule has 3 N–H and O–H groups in total. The predicted octanol–water partition coefficient (Wildman–Crippen LogP) is 2.99. The molecule has 1 unspecified atom stereocenters. The fourth-order valence-electron chi connectivity index (χ4n) is 5.05. The van der Waals surface area contributed by atoms with Crippen LogP contribution in [0.5, 0.6) is 0 Å². The van der Waals surface area contributed by atoms with E-state index in [2.05, 4.69) is 34.9 Å². The van der Waals surface area contributed by atoms with E-state index in [0.29, 0.717) is 45.9 Å². The molecule has 0 radical (unpaired) electrons. The Morgan fingerprint density at radius 2 is 1.53 bits per heavy atom. The fraction of sp³-hybridized carbons (Fsp3) is 0.517. The van der Waals surface area contributed by atoms with Crippen LogP contribution >= 0.6 is 0 Å². The van der Waals surface area contributed by atoms with Crippen LogP contribution in [0.2, 0.25) is 0 Å². The van der Waals surface area contributed by atoms with Crippen molar-refractivity contribution in [3.63, 3.8) is 0 Å². The van der Waals surface area contributed by atoms with Gasteiger partial charge in [-0.25, -0.2) is 4.79 Å². The minimum atomic E-state index is -0.491. The Morgan fingerprint density at radius 3 is 2.13 bits per heavy atom. The average molecular weight is 527 g/mol. The highest BCUT2D eigenvalue weighted by Gasteiger charge is 2.33. The number of alkyl carbamates (subject to hydrolysis) is 1. The van der Waals surface area contributed by atoms with Crippen molar-refractivity contribution in [2.75, 3.05) is 46.1 Å². The highest BCUT2D eigenvalue weighted by atomic mass is 16.6. The monoisotopic (exact) mass is 526 g/mol. The highest BCUT2D eigenvalue weighted by molar-refractivity contribution is 5.79. The van der Waals surface area contributed by atoms with Gasteiger partial charge in [0.05, 0.1) is 51.2 Å². The first kappa shape index (κ1) is 28.0. The van der Waals surface area contributed by atoms with E-state index in [1.165, 1.54) is 22.3 Å². The Morgan fingerprint density at radius 1 is 0.921 bits per heavy atom. The molecule has 1 saturated heterocycles. The second kappa shape index (κ2) is 14.2. The first-order valence-electron chi connectivity index (χ1n) is 13.4. The van der Waals surface area contributed by atoms with Crippen molar-refractivity contribution in [2.24, 2.45) is 0 Å². The van der Waals surface area contributed by atoms with E-state index >= 15 is 0 Å². The molecular formula is C29H38N2O7. The van der Waals surface area contributed by atoms with Crippen molar-refractivity contribution >= 4 is 12.0 Å². The van der Waals surface area contributed by atoms with Gasteiger partial charge >= 0.3 is 6.09 Å². The molecule has 0 spiro atoms. The second-order valence-corrected chi connectivity index (χ2v) is 9.54. The second-order valence-electron chi connectivity index (χ2n) is 9.54. The molecule has 9 heteroatoms. The predicted molar refractivity (Wildman–Crippen MR) is 142 cm³/mol. The summed E-state index contributed by atoms with van der Waals surface area (Å²) in [5.41, 5.74) is 4.74. The summed E-state index contributed by atoms with van der Waals surface area (Å²) < 4.78 is 22.1. The number of ether oxygens (including phenoxy) is 4. The quantitative estimate of drug-likeness (QED) is 0.324. The van der Waals surface area contributed by atoms with E-state index in [1.54, 1.807) is 0 Å². The molecule has 38 heavy (non-hydrogen) atoms. The number of carbonyl (C=O) groups excluding carboxylic acids is 2. The van der Waals surface area contributed by atoms with Crippen molar-refractivity contribution in [1.29, 1.82) is 0 Å². The number of benzene rings is 2. The molecule has 9 nitrogen and oxygen atoms in total. The van der Waals surface area contributed by atoms with Crippen molar-refractivity contribution in [3.8, 4) is 11.1 Å². The van der Waals surface area contributed by atoms with Gasteiger partial charge in [0.15, 0.2) is 0 Å². The minimum absolute atomic E-state index is 0.0312. The van der Waals surface area contributed by atoms with Gasteiger partial charge in [-0.1, -0.05) is 55.5 Å². The molecule has 0 bridgehead atoms. The van der Waals surface area contributed by atoms with Crippen LogP contribution in [0.15, 0.2) is 48.5 Å². The van der Waals surface area contributed by atoms with Gasteiger partial charge in [0.1, 0.15) is 6.61 Å². The summed E-state index contributed by atoms with van der Waals surface area (Å²) in [7, 11) is 0. The number of carbonyl (C=O) groups is 2. The van der Waals surface area contributed by atoms with Crippen LogP contribution in [-0.2, 0) is 23.7 Å². The smallest absolute Gasteiger partial charge is 0.407 e. The minimum Gasteiger partial charge on any atom is -0.449 e. The Hall–Kier alpha value is -2.98. The normalized spacial score (nSPS) is 20.1. The van der Waals surface area contributed by atoms with Gasteiger partial charge in [0.25, 0.3) is 0 Å². The van der Waals surface area contributed by atoms with E-state index in [4.69, 9.17) is 18.9 Å². The standard InChI is InChI=1S/C29H38N2O7/c1-2-27-26(32)17-20(38-27)18-28(33)30-11-13-35-15-16-36-14-12-31-29(34)37-19-25-23-9-5-3-7-21(23)22-8-4-6-10-24(22)25/h3-10,20,25-27,32H,2,11-19H2,1H3,(H,30,33)(H,31,34)/t20-,26?,27+/m0/s1. The molecule has 1 heterocycles. The van der Waals surface area contributed by atoms with Crippen LogP contribution in [-0.4, -0.2) is 81.5 Å². The SMILES string of the molecule is CC[C@H]1O[C@H](CC(=O)NCCOCCOCCNC(=O)OCC2c3ccccc3-c3ccccc32)CC1O. The third kappa shape index (κ3) is 7.54. The summed E-state index contributed by atoms with van der Waals surface area (Å²) in [5, 5.41) is 15.4. The van der Waals surface area contributed by atoms with Crippen LogP contribution in [0.3, 0.4) is 0 Å². The third-order valence-electron chi connectivity index (χ3n) is 6.92. The zero-order chi connectivity index (χ0) is 26.7. The molecule has 4 rings (SSSR count). The number of amides is 2. The van der Waals surface area contributed by atoms with Gasteiger partial charge in [-0.2, -0.15) is 0 Å². The number of hydrogen-bond donors (Lipinski definition) is 3. The van der Waals surface area contributed by atoms with Gasteiger partial charge in [-0.15, -0.1) is 0 Å². The molecule has 1 aliphatic heterocycles. The number of aliphatic hydroxyl groups is 1. The number of fused-ring (bicyclic) bond motifs is 3. The molecule has 0 saturated carbocycles. The first-order valence-corrected chi connectivity index (χ1v) is 13.4. The topological polar surface area (TPSA) is 115 Å². The maximum atomic E-state index is 12.2. The highest BCUT2D eigenvalue weighted by Crippen LogP contribution is 2.44. The van der Waals surface area contributed by atoms with Crippen LogP contribution in [0.1, 0.15) is 43.2 Å². The molecule has 2 aliphatic rings. The van der Waals surface area contributed by atoms with Gasteiger partial charge in [-0.05, 0) is 28.7 Å². The Kier molecular flexibility index (Phi) is 10.5. The van der Waals surface area contributed by atoms with Crippen molar-refractivity contribution in [3.05, 3.63) is 59.7 Å². The average Bonchev–Trinajstić information content (AvgIpc) is 3.44. The number of hydrogen-bond acceptors (Lipinski definition) is 7. The van der Waals surface area contributed by atoms with E-state index in [9.17, 15) is 14.7 Å². The molecule has 3 atom stereocenters. The summed E-state index contributed by atoms with van der Waals surface area (Å²) >= 11 is 0. The zero-order valence-electron chi connectivity index (χ0n) is 21.9. The molecule has 1 fully saturated rings. The largest absolute Gasteiger partial charge is 0.449 e. The van der Waals surface area contributed by atoms with Crippen molar-refractivity contribution in [2.45, 2.75) is 50.4 Å². The van der Waals surface area contributed by atoms with E-state index in [0.717, 1.165) is 6.42 Å². The number of rotatable bonds is 14. The molecule has 2 aromatic carbocycles. The molecule has 206 valence electrons. The maximum absolute atomic E-state index is 12.2. The van der Waals surface area contributed by atoms with Gasteiger partial charge < -0.3 is 34.7 Å². The zero-order valence-corrected chi connectivity index (χ0v) is 21.9. The Balaban J connectivity index is 0.999. The Bertz CT molecular complexity index is 1020. The van der Waals surface area contributed by atoms with Crippen molar-refractivity contribution < 1.29 is 33.6 Å². The summed E-state index contributed by atoms with van der Waals surface area (Å²) in [6.45, 7) is 4.45. The number of aliphatic hydroxyl groups excluding tert-OH is 1. The molecule has 2 aromatic rings. The van der Waals surface area contributed by atoms with E-state index in [1.807, 2.05) is 31.2 Å². The van der Waals surface area contributed by atoms with E-state index in [-0.39, 0.29) is 37.1 Å². The Labute approximate surface area is 223 Å². The first-order chi connectivity index (χ1) is 18.6. The lowest BCUT2D eigenvalue weighted by atomic mass is 9.98. The van der Waals surface area contributed by atoms with Crippen LogP contribution < -0.4 is 10.6 Å². The van der Waals surface area contributed by atoms with Crippen LogP contribution in [0.25, 0.3) is 11.1 Å². The third-order valence-corrected chi connectivity index (χ3v) is 6.92. The molecule has 0 aromatic heterocycles. The molecule has 1 aliphatic carbocycles. The maximum Gasteiger partial charge on any atom is 0.407 e. The molecule has 2 amide bonds. The van der Waals surface area contributed by atoms with Crippen LogP contribution in [0, 0.1) is 0 Å². The summed E-state index contributed by atoms with van der Waals surface area (Å²) in [6, 6.07) is 16.4. The molecular weight excluding hydrogens is 488 g/mol. The lowest BCUT2D eigenvalue weighted by Crippen LogP contribution is -2.31. The summed E-state index contributed by atoms with van der Waals surface area (Å²) in [6.07, 6.45) is 0.112. The van der Waals surface area contributed by atoms with Gasteiger partial charge in [-0.3, -0.25) is 4.79 Å². The van der Waals surface area contributed by atoms with Gasteiger partial charge in [0, 0.05) is 25.4 Å². The van der Waals surface area contributed by atoms with Crippen molar-refractivity contribution in [1.82, 2.24) is 10.6 Å². The summed E-state index contributed by atoms with van der Waals surface area (Å²) in [4.78, 5) is 24.2. The van der Waals surface area contributed by atoms with Gasteiger partial charge in [0.2, 0.25) is 5.91 Å². The van der Waals surface area contributed by atoms with Crippen LogP contribution in [0.4, 0.5) is 4.79 Å². The fourth-order valence-corrected chi connectivity index (χ4v) is 5.05. The number of nitrogens with one attached hydrogen (secondary N) is 2. The van der Waals surface area contributed by atoms with E-state index < -0.39 is 12.2 Å².